The number of benzene rings is 1. The minimum absolute atomic E-state index is 0.00554. The van der Waals surface area contributed by atoms with E-state index in [4.69, 9.17) is 11.6 Å². The lowest BCUT2D eigenvalue weighted by molar-refractivity contribution is 0.0652. The second kappa shape index (κ2) is 5.10. The topological polar surface area (TPSA) is 50.5 Å². The second-order valence-electron chi connectivity index (χ2n) is 5.32. The van der Waals surface area contributed by atoms with Gasteiger partial charge in [0.15, 0.2) is 0 Å². The highest BCUT2D eigenvalue weighted by atomic mass is 35.5. The van der Waals surface area contributed by atoms with Crippen LogP contribution in [0.15, 0.2) is 43.0 Å². The van der Waals surface area contributed by atoms with Crippen LogP contribution in [0.4, 0.5) is 0 Å². The number of carbonyl (C=O) groups excluding carboxylic acids is 1. The maximum absolute atomic E-state index is 12.3. The first-order valence-corrected chi connectivity index (χ1v) is 7.48. The largest absolute Gasteiger partial charge is 0.338 e. The van der Waals surface area contributed by atoms with E-state index in [9.17, 15) is 4.79 Å². The summed E-state index contributed by atoms with van der Waals surface area (Å²) in [6.07, 6.45) is 8.31. The minimum atomic E-state index is 0.00554. The molecule has 1 aliphatic heterocycles. The molecule has 4 rings (SSSR count). The number of likely N-dealkylation sites (tertiary alicyclic amines) is 1. The average Bonchev–Trinajstić information content (AvgIpc) is 2.92. The third kappa shape index (κ3) is 2.14. The molecular formula is C16H13ClN4O. The highest BCUT2D eigenvalue weighted by Gasteiger charge is 2.23. The Kier molecular flexibility index (Phi) is 3.08. The van der Waals surface area contributed by atoms with Gasteiger partial charge in [-0.2, -0.15) is 0 Å². The number of carbonyl (C=O) groups is 1. The molecule has 0 radical (unpaired) electrons. The van der Waals surface area contributed by atoms with E-state index in [0.717, 1.165) is 30.6 Å². The van der Waals surface area contributed by atoms with Gasteiger partial charge >= 0.3 is 0 Å². The van der Waals surface area contributed by atoms with Gasteiger partial charge in [0.05, 0.1) is 10.6 Å². The minimum Gasteiger partial charge on any atom is -0.338 e. The summed E-state index contributed by atoms with van der Waals surface area (Å²) in [6, 6.07) is 5.50. The van der Waals surface area contributed by atoms with Gasteiger partial charge in [-0.1, -0.05) is 17.7 Å². The molecule has 0 aliphatic carbocycles. The predicted octanol–water partition coefficient (Wildman–Crippen LogP) is 2.90. The third-order valence-corrected chi connectivity index (χ3v) is 4.23. The number of imidazole rings is 1. The molecule has 1 saturated heterocycles. The summed E-state index contributed by atoms with van der Waals surface area (Å²) in [7, 11) is 0. The van der Waals surface area contributed by atoms with Crippen LogP contribution in [-0.4, -0.2) is 38.3 Å². The van der Waals surface area contributed by atoms with E-state index in [1.54, 1.807) is 23.4 Å². The zero-order chi connectivity index (χ0) is 15.1. The number of halogens is 1. The van der Waals surface area contributed by atoms with Gasteiger partial charge in [-0.15, -0.1) is 0 Å². The molecule has 0 unspecified atom stereocenters. The predicted molar refractivity (Wildman–Crippen MR) is 84.0 cm³/mol. The lowest BCUT2D eigenvalue weighted by atomic mass is 10.0. The highest BCUT2D eigenvalue weighted by Crippen LogP contribution is 2.27. The van der Waals surface area contributed by atoms with Gasteiger partial charge in [-0.25, -0.2) is 9.97 Å². The Hall–Kier alpha value is -2.40. The van der Waals surface area contributed by atoms with E-state index >= 15 is 0 Å². The highest BCUT2D eigenvalue weighted by molar-refractivity contribution is 6.34. The van der Waals surface area contributed by atoms with Crippen molar-refractivity contribution in [3.63, 3.8) is 0 Å². The van der Waals surface area contributed by atoms with Crippen molar-refractivity contribution in [2.45, 2.75) is 6.42 Å². The fourth-order valence-electron chi connectivity index (χ4n) is 2.52. The van der Waals surface area contributed by atoms with E-state index in [-0.39, 0.29) is 5.91 Å². The summed E-state index contributed by atoms with van der Waals surface area (Å²) in [5.41, 5.74) is 2.41. The number of amides is 1. The number of hydrogen-bond donors (Lipinski definition) is 0. The van der Waals surface area contributed by atoms with Crippen molar-refractivity contribution in [2.24, 2.45) is 0 Å². The van der Waals surface area contributed by atoms with Crippen LogP contribution in [-0.2, 0) is 0 Å². The smallest absolute Gasteiger partial charge is 0.255 e. The van der Waals surface area contributed by atoms with Gasteiger partial charge in [-0.05, 0) is 24.1 Å². The molecule has 3 aromatic rings. The molecule has 0 atom stereocenters. The number of hydrogen-bond acceptors (Lipinski definition) is 3. The molecule has 110 valence electrons. The zero-order valence-corrected chi connectivity index (χ0v) is 12.5. The summed E-state index contributed by atoms with van der Waals surface area (Å²) in [5.74, 6) is 0.658. The fraction of sp³-hybridized carbons (Fsp3) is 0.188. The molecular weight excluding hydrogens is 300 g/mol. The van der Waals surface area contributed by atoms with Gasteiger partial charge in [0.1, 0.15) is 0 Å². The molecule has 5 nitrogen and oxygen atoms in total. The average molecular weight is 313 g/mol. The van der Waals surface area contributed by atoms with Crippen molar-refractivity contribution in [1.29, 1.82) is 0 Å². The van der Waals surface area contributed by atoms with Crippen molar-refractivity contribution in [3.05, 3.63) is 53.6 Å². The van der Waals surface area contributed by atoms with Gasteiger partial charge in [0.25, 0.3) is 5.91 Å². The Morgan fingerprint density at radius 3 is 2.77 bits per heavy atom. The van der Waals surface area contributed by atoms with Crippen LogP contribution in [0.25, 0.3) is 16.9 Å². The quantitative estimate of drug-likeness (QED) is 0.731. The summed E-state index contributed by atoms with van der Waals surface area (Å²) >= 11 is 6.31. The number of aromatic nitrogens is 3. The number of rotatable bonds is 2. The first-order valence-electron chi connectivity index (χ1n) is 7.10. The van der Waals surface area contributed by atoms with Crippen LogP contribution < -0.4 is 0 Å². The van der Waals surface area contributed by atoms with Crippen LogP contribution in [0.2, 0.25) is 5.02 Å². The molecule has 0 bridgehead atoms. The Morgan fingerprint density at radius 1 is 1.18 bits per heavy atom. The number of fused-ring (bicyclic) bond motifs is 1. The Labute approximate surface area is 132 Å². The first kappa shape index (κ1) is 13.3. The maximum Gasteiger partial charge on any atom is 0.255 e. The van der Waals surface area contributed by atoms with E-state index in [0.29, 0.717) is 16.4 Å². The van der Waals surface area contributed by atoms with E-state index in [1.165, 1.54) is 0 Å². The molecule has 1 amide bonds. The van der Waals surface area contributed by atoms with Crippen LogP contribution in [0, 0.1) is 0 Å². The Bertz CT molecular complexity index is 869. The molecule has 0 saturated carbocycles. The van der Waals surface area contributed by atoms with Crippen LogP contribution in [0.1, 0.15) is 16.8 Å². The molecule has 6 heteroatoms. The summed E-state index contributed by atoms with van der Waals surface area (Å²) in [4.78, 5) is 22.5. The zero-order valence-electron chi connectivity index (χ0n) is 11.7. The summed E-state index contributed by atoms with van der Waals surface area (Å²) < 4.78 is 1.85. The fourth-order valence-corrected chi connectivity index (χ4v) is 2.78. The molecule has 2 aromatic heterocycles. The van der Waals surface area contributed by atoms with Crippen LogP contribution in [0.5, 0.6) is 0 Å². The molecule has 1 aliphatic rings. The van der Waals surface area contributed by atoms with Gasteiger partial charge in [-0.3, -0.25) is 9.20 Å². The Balaban J connectivity index is 1.70. The van der Waals surface area contributed by atoms with Crippen LogP contribution >= 0.6 is 11.6 Å². The normalized spacial score (nSPS) is 14.1. The molecule has 0 spiro atoms. The van der Waals surface area contributed by atoms with Gasteiger partial charge in [0, 0.05) is 43.4 Å². The van der Waals surface area contributed by atoms with Gasteiger partial charge in [0.2, 0.25) is 5.78 Å². The Morgan fingerprint density at radius 2 is 2.05 bits per heavy atom. The molecule has 22 heavy (non-hydrogen) atoms. The van der Waals surface area contributed by atoms with Gasteiger partial charge < -0.3 is 4.90 Å². The lowest BCUT2D eigenvalue weighted by Crippen LogP contribution is -2.42. The van der Waals surface area contributed by atoms with Crippen molar-refractivity contribution >= 4 is 23.3 Å². The maximum atomic E-state index is 12.3. The molecule has 3 heterocycles. The SMILES string of the molecule is O=C(c1ccc(-c2cnc3nccn3c2)cc1Cl)N1CCC1. The van der Waals surface area contributed by atoms with E-state index in [2.05, 4.69) is 9.97 Å². The molecule has 0 N–H and O–H groups in total. The molecule has 1 fully saturated rings. The standard InChI is InChI=1S/C16H13ClN4O/c17-14-8-11(2-3-13(14)15(22)20-5-1-6-20)12-9-19-16-18-4-7-21(16)10-12/h2-4,7-10H,1,5-6H2. The first-order chi connectivity index (χ1) is 10.7. The third-order valence-electron chi connectivity index (χ3n) is 3.92. The summed E-state index contributed by atoms with van der Waals surface area (Å²) in [5, 5.41) is 0.472. The van der Waals surface area contributed by atoms with Crippen molar-refractivity contribution in [3.8, 4) is 11.1 Å². The number of nitrogens with zero attached hydrogens (tertiary/aromatic N) is 4. The van der Waals surface area contributed by atoms with E-state index < -0.39 is 0 Å². The second-order valence-corrected chi connectivity index (χ2v) is 5.72. The lowest BCUT2D eigenvalue weighted by Gasteiger charge is -2.31. The van der Waals surface area contributed by atoms with Crippen molar-refractivity contribution < 1.29 is 4.79 Å². The van der Waals surface area contributed by atoms with E-state index in [1.807, 2.05) is 28.9 Å². The summed E-state index contributed by atoms with van der Waals surface area (Å²) in [6.45, 7) is 1.64. The van der Waals surface area contributed by atoms with Crippen molar-refractivity contribution in [2.75, 3.05) is 13.1 Å². The molecule has 1 aromatic carbocycles. The monoisotopic (exact) mass is 312 g/mol. The van der Waals surface area contributed by atoms with Crippen LogP contribution in [0.3, 0.4) is 0 Å². The van der Waals surface area contributed by atoms with Crippen molar-refractivity contribution in [1.82, 2.24) is 19.3 Å².